The Labute approximate surface area is 123 Å². The van der Waals surface area contributed by atoms with E-state index in [1.54, 1.807) is 6.33 Å². The molecule has 21 heavy (non-hydrogen) atoms. The van der Waals surface area contributed by atoms with Crippen LogP contribution < -0.4 is 4.90 Å². The van der Waals surface area contributed by atoms with Crippen molar-refractivity contribution in [3.63, 3.8) is 0 Å². The van der Waals surface area contributed by atoms with Crippen LogP contribution in [-0.2, 0) is 6.42 Å². The summed E-state index contributed by atoms with van der Waals surface area (Å²) in [6, 6.07) is 11.2. The zero-order valence-electron chi connectivity index (χ0n) is 12.2. The van der Waals surface area contributed by atoms with Crippen molar-refractivity contribution in [2.75, 3.05) is 11.9 Å². The van der Waals surface area contributed by atoms with Crippen molar-refractivity contribution in [1.29, 1.82) is 0 Å². The number of nitrogens with zero attached hydrogens (tertiary/aromatic N) is 5. The van der Waals surface area contributed by atoms with Crippen LogP contribution in [0, 0.1) is 6.92 Å². The second-order valence-electron chi connectivity index (χ2n) is 5.59. The van der Waals surface area contributed by atoms with Crippen LogP contribution in [0.15, 0.2) is 36.7 Å². The summed E-state index contributed by atoms with van der Waals surface area (Å²) in [6.45, 7) is 1.99. The van der Waals surface area contributed by atoms with Gasteiger partial charge in [0.2, 0.25) is 0 Å². The molecule has 1 aliphatic rings. The third-order valence-corrected chi connectivity index (χ3v) is 4.29. The maximum Gasteiger partial charge on any atom is 0.254 e. The summed E-state index contributed by atoms with van der Waals surface area (Å²) in [5.74, 6) is 1.69. The maximum absolute atomic E-state index is 4.41. The quantitative estimate of drug-likeness (QED) is 0.723. The van der Waals surface area contributed by atoms with E-state index in [4.69, 9.17) is 0 Å². The minimum atomic E-state index is 0.385. The van der Waals surface area contributed by atoms with E-state index in [2.05, 4.69) is 57.3 Å². The summed E-state index contributed by atoms with van der Waals surface area (Å²) in [4.78, 5) is 10.9. The Morgan fingerprint density at radius 2 is 2.14 bits per heavy atom. The number of hydrogen-bond acceptors (Lipinski definition) is 4. The normalized spacial score (nSPS) is 17.1. The predicted molar refractivity (Wildman–Crippen MR) is 81.4 cm³/mol. The zero-order chi connectivity index (χ0) is 14.4. The van der Waals surface area contributed by atoms with Crippen molar-refractivity contribution in [3.05, 3.63) is 53.5 Å². The first-order chi connectivity index (χ1) is 10.2. The standard InChI is InChI=1S/C16H17N5/c1-11-9-15(21-16(19-11)17-10-18-21)20(2)14-8-7-12-5-3-4-6-13(12)14/h3-6,9-10,14H,7-8H2,1-2H3. The van der Waals surface area contributed by atoms with E-state index in [9.17, 15) is 0 Å². The van der Waals surface area contributed by atoms with E-state index in [1.165, 1.54) is 11.1 Å². The third-order valence-electron chi connectivity index (χ3n) is 4.29. The van der Waals surface area contributed by atoms with Gasteiger partial charge in [0, 0.05) is 18.8 Å². The van der Waals surface area contributed by atoms with Crippen LogP contribution in [0.2, 0.25) is 0 Å². The molecular formula is C16H17N5. The molecule has 1 atom stereocenters. The number of aryl methyl sites for hydroxylation is 2. The topological polar surface area (TPSA) is 46.3 Å². The second-order valence-corrected chi connectivity index (χ2v) is 5.59. The molecule has 0 spiro atoms. The summed E-state index contributed by atoms with van der Waals surface area (Å²) in [5, 5.41) is 4.31. The Morgan fingerprint density at radius 3 is 3.05 bits per heavy atom. The van der Waals surface area contributed by atoms with Gasteiger partial charge < -0.3 is 4.90 Å². The Balaban J connectivity index is 1.81. The molecule has 2 heterocycles. The molecule has 0 bridgehead atoms. The molecule has 0 saturated carbocycles. The third kappa shape index (κ3) is 1.88. The fraction of sp³-hybridized carbons (Fsp3) is 0.312. The minimum Gasteiger partial charge on any atom is -0.352 e. The first-order valence-electron chi connectivity index (χ1n) is 7.22. The lowest BCUT2D eigenvalue weighted by atomic mass is 10.1. The first-order valence-corrected chi connectivity index (χ1v) is 7.22. The summed E-state index contributed by atoms with van der Waals surface area (Å²) >= 11 is 0. The van der Waals surface area contributed by atoms with E-state index in [-0.39, 0.29) is 0 Å². The monoisotopic (exact) mass is 279 g/mol. The molecule has 1 aromatic carbocycles. The van der Waals surface area contributed by atoms with Crippen molar-refractivity contribution in [1.82, 2.24) is 19.6 Å². The van der Waals surface area contributed by atoms with Crippen molar-refractivity contribution >= 4 is 11.6 Å². The highest BCUT2D eigenvalue weighted by molar-refractivity contribution is 5.50. The van der Waals surface area contributed by atoms with Gasteiger partial charge in [-0.15, -0.1) is 0 Å². The molecule has 1 aliphatic carbocycles. The number of fused-ring (bicyclic) bond motifs is 2. The molecule has 1 unspecified atom stereocenters. The first kappa shape index (κ1) is 12.3. The summed E-state index contributed by atoms with van der Waals surface area (Å²) < 4.78 is 1.81. The van der Waals surface area contributed by atoms with Crippen LogP contribution in [-0.4, -0.2) is 26.6 Å². The average molecular weight is 279 g/mol. The number of benzene rings is 1. The van der Waals surface area contributed by atoms with Gasteiger partial charge in [-0.25, -0.2) is 4.98 Å². The summed E-state index contributed by atoms with van der Waals surface area (Å²) in [7, 11) is 2.13. The Kier molecular flexibility index (Phi) is 2.67. The lowest BCUT2D eigenvalue weighted by Crippen LogP contribution is -2.25. The molecule has 0 N–H and O–H groups in total. The van der Waals surface area contributed by atoms with Crippen LogP contribution in [0.5, 0.6) is 0 Å². The highest BCUT2D eigenvalue weighted by Gasteiger charge is 2.27. The fourth-order valence-corrected chi connectivity index (χ4v) is 3.26. The smallest absolute Gasteiger partial charge is 0.254 e. The molecular weight excluding hydrogens is 262 g/mol. The fourth-order valence-electron chi connectivity index (χ4n) is 3.26. The molecule has 0 fully saturated rings. The van der Waals surface area contributed by atoms with Gasteiger partial charge >= 0.3 is 0 Å². The summed E-state index contributed by atoms with van der Waals surface area (Å²) in [6.07, 6.45) is 3.82. The molecule has 5 heteroatoms. The molecule has 4 rings (SSSR count). The molecule has 0 radical (unpaired) electrons. The molecule has 3 aromatic rings. The molecule has 0 aliphatic heterocycles. The van der Waals surface area contributed by atoms with Gasteiger partial charge in [-0.2, -0.15) is 14.6 Å². The Morgan fingerprint density at radius 1 is 1.29 bits per heavy atom. The van der Waals surface area contributed by atoms with Gasteiger partial charge in [0.05, 0.1) is 6.04 Å². The number of aromatic nitrogens is 4. The van der Waals surface area contributed by atoms with Gasteiger partial charge in [-0.05, 0) is 30.9 Å². The Bertz CT molecular complexity index is 807. The van der Waals surface area contributed by atoms with Gasteiger partial charge in [0.15, 0.2) is 0 Å². The minimum absolute atomic E-state index is 0.385. The lowest BCUT2D eigenvalue weighted by Gasteiger charge is -2.27. The average Bonchev–Trinajstić information content (AvgIpc) is 3.11. The lowest BCUT2D eigenvalue weighted by molar-refractivity contribution is 0.644. The van der Waals surface area contributed by atoms with Gasteiger partial charge in [-0.3, -0.25) is 0 Å². The SMILES string of the molecule is Cc1cc(N(C)C2CCc3ccccc32)n2ncnc2n1. The van der Waals surface area contributed by atoms with Crippen LogP contribution in [0.3, 0.4) is 0 Å². The van der Waals surface area contributed by atoms with E-state index >= 15 is 0 Å². The van der Waals surface area contributed by atoms with Crippen molar-refractivity contribution < 1.29 is 0 Å². The van der Waals surface area contributed by atoms with Crippen LogP contribution in [0.25, 0.3) is 5.78 Å². The number of rotatable bonds is 2. The number of hydrogen-bond donors (Lipinski definition) is 0. The highest BCUT2D eigenvalue weighted by atomic mass is 15.4. The molecule has 0 saturated heterocycles. The Hall–Kier alpha value is -2.43. The van der Waals surface area contributed by atoms with Crippen molar-refractivity contribution in [2.45, 2.75) is 25.8 Å². The van der Waals surface area contributed by atoms with Crippen LogP contribution in [0.1, 0.15) is 29.3 Å². The van der Waals surface area contributed by atoms with Gasteiger partial charge in [-0.1, -0.05) is 24.3 Å². The molecule has 5 nitrogen and oxygen atoms in total. The molecule has 0 amide bonds. The van der Waals surface area contributed by atoms with Gasteiger partial charge in [0.1, 0.15) is 12.1 Å². The second kappa shape index (κ2) is 4.55. The largest absolute Gasteiger partial charge is 0.352 e. The molecule has 106 valence electrons. The maximum atomic E-state index is 4.41. The van der Waals surface area contributed by atoms with Crippen LogP contribution >= 0.6 is 0 Å². The predicted octanol–water partition coefficient (Wildman–Crippen LogP) is 2.56. The van der Waals surface area contributed by atoms with Gasteiger partial charge in [0.25, 0.3) is 5.78 Å². The van der Waals surface area contributed by atoms with E-state index in [0.29, 0.717) is 11.8 Å². The van der Waals surface area contributed by atoms with Crippen LogP contribution in [0.4, 0.5) is 5.82 Å². The zero-order valence-corrected chi connectivity index (χ0v) is 12.2. The summed E-state index contributed by atoms with van der Waals surface area (Å²) in [5.41, 5.74) is 3.83. The molecule has 2 aromatic heterocycles. The van der Waals surface area contributed by atoms with Crippen molar-refractivity contribution in [3.8, 4) is 0 Å². The highest BCUT2D eigenvalue weighted by Crippen LogP contribution is 2.37. The van der Waals surface area contributed by atoms with E-state index in [0.717, 1.165) is 24.4 Å². The van der Waals surface area contributed by atoms with E-state index < -0.39 is 0 Å². The van der Waals surface area contributed by atoms with E-state index in [1.807, 2.05) is 11.4 Å². The van der Waals surface area contributed by atoms with Crippen molar-refractivity contribution in [2.24, 2.45) is 0 Å². The number of anilines is 1.